The highest BCUT2D eigenvalue weighted by atomic mass is 16.1. The van der Waals surface area contributed by atoms with Crippen LogP contribution in [0.1, 0.15) is 53.2 Å². The van der Waals surface area contributed by atoms with Crippen molar-refractivity contribution in [3.05, 3.63) is 77.4 Å². The summed E-state index contributed by atoms with van der Waals surface area (Å²) in [5.74, 6) is 0.667. The number of carbonyl (C=O) groups excluding carboxylic acids is 1. The van der Waals surface area contributed by atoms with Gasteiger partial charge in [-0.05, 0) is 61.9 Å². The molecule has 5 rings (SSSR count). The molecule has 5 heteroatoms. The third-order valence-electron chi connectivity index (χ3n) is 5.80. The van der Waals surface area contributed by atoms with E-state index in [4.69, 9.17) is 0 Å². The third-order valence-corrected chi connectivity index (χ3v) is 5.80. The number of nitrogens with zero attached hydrogens (tertiary/aromatic N) is 1. The molecular formula is C24H24N4O. The molecule has 1 aliphatic rings. The topological polar surface area (TPSA) is 73.6 Å². The van der Waals surface area contributed by atoms with Gasteiger partial charge in [-0.15, -0.1) is 0 Å². The molecule has 0 aliphatic heterocycles. The van der Waals surface area contributed by atoms with Crippen LogP contribution in [-0.4, -0.2) is 20.9 Å². The summed E-state index contributed by atoms with van der Waals surface area (Å²) in [5.41, 5.74) is 6.55. The van der Waals surface area contributed by atoms with Crippen molar-refractivity contribution in [3.8, 4) is 11.3 Å². The van der Waals surface area contributed by atoms with Crippen LogP contribution in [0.4, 0.5) is 0 Å². The predicted molar refractivity (Wildman–Crippen MR) is 115 cm³/mol. The van der Waals surface area contributed by atoms with Crippen LogP contribution in [0.5, 0.6) is 0 Å². The molecule has 0 saturated heterocycles. The minimum atomic E-state index is -0.212. The predicted octanol–water partition coefficient (Wildman–Crippen LogP) is 4.93. The molecule has 146 valence electrons. The van der Waals surface area contributed by atoms with Crippen LogP contribution in [0.25, 0.3) is 22.2 Å². The average Bonchev–Trinajstić information content (AvgIpc) is 3.39. The molecule has 1 aliphatic carbocycles. The van der Waals surface area contributed by atoms with E-state index in [9.17, 15) is 4.79 Å². The first kappa shape index (κ1) is 17.7. The monoisotopic (exact) mass is 384 g/mol. The van der Waals surface area contributed by atoms with Crippen molar-refractivity contribution in [3.63, 3.8) is 0 Å². The van der Waals surface area contributed by atoms with Crippen molar-refractivity contribution in [2.45, 2.75) is 38.6 Å². The number of imidazole rings is 1. The molecule has 4 aromatic rings. The van der Waals surface area contributed by atoms with Gasteiger partial charge in [0, 0.05) is 22.2 Å². The van der Waals surface area contributed by atoms with Gasteiger partial charge in [0.25, 0.3) is 5.91 Å². The minimum Gasteiger partial charge on any atom is -0.358 e. The molecular weight excluding hydrogens is 360 g/mol. The Balaban J connectivity index is 1.35. The fourth-order valence-corrected chi connectivity index (χ4v) is 4.22. The highest BCUT2D eigenvalue weighted by Gasteiger charge is 2.18. The largest absolute Gasteiger partial charge is 0.358 e. The first-order valence-electron chi connectivity index (χ1n) is 10.2. The second kappa shape index (κ2) is 7.24. The van der Waals surface area contributed by atoms with E-state index in [0.29, 0.717) is 5.56 Å². The molecule has 5 nitrogen and oxygen atoms in total. The Kier molecular flexibility index (Phi) is 4.43. The number of amides is 1. The molecule has 0 fully saturated rings. The summed E-state index contributed by atoms with van der Waals surface area (Å²) in [6.45, 7) is 1.95. The zero-order valence-electron chi connectivity index (χ0n) is 16.5. The fraction of sp³-hybridized carbons (Fsp3) is 0.250. The highest BCUT2D eigenvalue weighted by Crippen LogP contribution is 2.30. The lowest BCUT2D eigenvalue weighted by atomic mass is 9.95. The quantitative estimate of drug-likeness (QED) is 0.467. The van der Waals surface area contributed by atoms with Crippen molar-refractivity contribution >= 4 is 16.8 Å². The van der Waals surface area contributed by atoms with E-state index in [1.165, 1.54) is 29.5 Å². The number of aryl methyl sites for hydroxylation is 2. The standard InChI is InChI=1S/C24H24N4O/c1-15(23-25-14-22(28-23)16-7-3-2-4-8-16)26-24(29)17-11-12-21-19(13-17)18-9-5-6-10-20(18)27-21/h2-4,7-8,11-15,27H,5-6,9-10H2,1H3,(H,25,28)(H,26,29). The van der Waals surface area contributed by atoms with Crippen LogP contribution in [0.3, 0.4) is 0 Å². The average molecular weight is 384 g/mol. The normalized spacial score (nSPS) is 14.5. The number of hydrogen-bond acceptors (Lipinski definition) is 2. The summed E-state index contributed by atoms with van der Waals surface area (Å²) < 4.78 is 0. The van der Waals surface area contributed by atoms with Crippen LogP contribution in [0.15, 0.2) is 54.7 Å². The zero-order valence-corrected chi connectivity index (χ0v) is 16.5. The van der Waals surface area contributed by atoms with Gasteiger partial charge in [-0.1, -0.05) is 30.3 Å². The Morgan fingerprint density at radius 1 is 1.07 bits per heavy atom. The van der Waals surface area contributed by atoms with Crippen molar-refractivity contribution in [1.29, 1.82) is 0 Å². The molecule has 2 aromatic heterocycles. The number of fused-ring (bicyclic) bond motifs is 3. The second-order valence-corrected chi connectivity index (χ2v) is 7.79. The van der Waals surface area contributed by atoms with Crippen LogP contribution < -0.4 is 5.32 Å². The van der Waals surface area contributed by atoms with Crippen LogP contribution in [-0.2, 0) is 12.8 Å². The van der Waals surface area contributed by atoms with Gasteiger partial charge in [-0.3, -0.25) is 4.79 Å². The maximum Gasteiger partial charge on any atom is 0.251 e. The number of benzene rings is 2. The third kappa shape index (κ3) is 3.33. The zero-order chi connectivity index (χ0) is 19.8. The maximum absolute atomic E-state index is 12.9. The number of carbonyl (C=O) groups is 1. The first-order valence-corrected chi connectivity index (χ1v) is 10.2. The molecule has 0 radical (unpaired) electrons. The number of aromatic amines is 2. The lowest BCUT2D eigenvalue weighted by Crippen LogP contribution is -2.27. The number of aromatic nitrogens is 3. The van der Waals surface area contributed by atoms with Gasteiger partial charge in [0.2, 0.25) is 0 Å². The molecule has 1 atom stereocenters. The Labute approximate surface area is 169 Å². The summed E-state index contributed by atoms with van der Waals surface area (Å²) in [5, 5.41) is 4.26. The van der Waals surface area contributed by atoms with Gasteiger partial charge < -0.3 is 15.3 Å². The molecule has 29 heavy (non-hydrogen) atoms. The SMILES string of the molecule is CC(NC(=O)c1ccc2[nH]c3c(c2c1)CCCC3)c1ncc(-c2ccccc2)[nH]1. The van der Waals surface area contributed by atoms with Crippen LogP contribution in [0.2, 0.25) is 0 Å². The Hall–Kier alpha value is -3.34. The number of hydrogen-bond donors (Lipinski definition) is 3. The lowest BCUT2D eigenvalue weighted by Gasteiger charge is -2.12. The van der Waals surface area contributed by atoms with Crippen LogP contribution >= 0.6 is 0 Å². The molecule has 0 spiro atoms. The van der Waals surface area contributed by atoms with Crippen molar-refractivity contribution in [2.24, 2.45) is 0 Å². The maximum atomic E-state index is 12.9. The number of rotatable bonds is 4. The van der Waals surface area contributed by atoms with E-state index in [1.54, 1.807) is 0 Å². The smallest absolute Gasteiger partial charge is 0.251 e. The van der Waals surface area contributed by atoms with Crippen LogP contribution in [0, 0.1) is 0 Å². The van der Waals surface area contributed by atoms with E-state index in [0.717, 1.165) is 35.4 Å². The Bertz CT molecular complexity index is 1170. The van der Waals surface area contributed by atoms with E-state index < -0.39 is 0 Å². The molecule has 0 bridgehead atoms. The van der Waals surface area contributed by atoms with Crippen molar-refractivity contribution in [2.75, 3.05) is 0 Å². The van der Waals surface area contributed by atoms with Gasteiger partial charge in [-0.25, -0.2) is 4.98 Å². The van der Waals surface area contributed by atoms with E-state index >= 15 is 0 Å². The summed E-state index contributed by atoms with van der Waals surface area (Å²) in [6, 6.07) is 15.8. The Morgan fingerprint density at radius 3 is 2.76 bits per heavy atom. The summed E-state index contributed by atoms with van der Waals surface area (Å²) in [6.07, 6.45) is 6.45. The van der Waals surface area contributed by atoms with E-state index in [1.807, 2.05) is 61.7 Å². The Morgan fingerprint density at radius 2 is 1.90 bits per heavy atom. The summed E-state index contributed by atoms with van der Waals surface area (Å²) in [7, 11) is 0. The molecule has 2 aromatic carbocycles. The fourth-order valence-electron chi connectivity index (χ4n) is 4.22. The van der Waals surface area contributed by atoms with Gasteiger partial charge in [-0.2, -0.15) is 0 Å². The van der Waals surface area contributed by atoms with E-state index in [-0.39, 0.29) is 11.9 Å². The summed E-state index contributed by atoms with van der Waals surface area (Å²) in [4.78, 5) is 24.2. The molecule has 0 saturated carbocycles. The number of nitrogens with one attached hydrogen (secondary N) is 3. The van der Waals surface area contributed by atoms with Crippen molar-refractivity contribution in [1.82, 2.24) is 20.3 Å². The van der Waals surface area contributed by atoms with E-state index in [2.05, 4.69) is 20.3 Å². The summed E-state index contributed by atoms with van der Waals surface area (Å²) >= 11 is 0. The molecule has 1 amide bonds. The molecule has 2 heterocycles. The van der Waals surface area contributed by atoms with Gasteiger partial charge >= 0.3 is 0 Å². The molecule has 3 N–H and O–H groups in total. The molecule has 1 unspecified atom stereocenters. The second-order valence-electron chi connectivity index (χ2n) is 7.79. The lowest BCUT2D eigenvalue weighted by molar-refractivity contribution is 0.0938. The van der Waals surface area contributed by atoms with Gasteiger partial charge in [0.15, 0.2) is 0 Å². The van der Waals surface area contributed by atoms with Gasteiger partial charge in [0.1, 0.15) is 5.82 Å². The van der Waals surface area contributed by atoms with Gasteiger partial charge in [0.05, 0.1) is 17.9 Å². The van der Waals surface area contributed by atoms with Crippen molar-refractivity contribution < 1.29 is 4.79 Å². The number of H-pyrrole nitrogens is 2. The first-order chi connectivity index (χ1) is 14.2. The highest BCUT2D eigenvalue weighted by molar-refractivity contribution is 5.99. The minimum absolute atomic E-state index is 0.0807.